The lowest BCUT2D eigenvalue weighted by atomic mass is 9.43. The van der Waals surface area contributed by atoms with Crippen LogP contribution in [0.4, 0.5) is 8.78 Å². The van der Waals surface area contributed by atoms with Crippen molar-refractivity contribution in [3.05, 3.63) is 0 Å². The Morgan fingerprint density at radius 1 is 1.06 bits per heavy atom. The topological polar surface area (TPSA) is 89.8 Å². The molecule has 1 amide bonds. The summed E-state index contributed by atoms with van der Waals surface area (Å²) < 4.78 is 38.0. The molecule has 0 spiro atoms. The third-order valence-corrected chi connectivity index (χ3v) is 11.1. The van der Waals surface area contributed by atoms with Crippen molar-refractivity contribution in [2.45, 2.75) is 103 Å². The summed E-state index contributed by atoms with van der Waals surface area (Å²) >= 11 is 0.794. The molecule has 0 bridgehead atoms. The molecule has 4 fully saturated rings. The predicted molar refractivity (Wildman–Crippen MR) is 130 cm³/mol. The van der Waals surface area contributed by atoms with Gasteiger partial charge in [0, 0.05) is 25.1 Å². The van der Waals surface area contributed by atoms with Crippen molar-refractivity contribution in [2.75, 3.05) is 12.3 Å². The number of nitrogens with one attached hydrogen (secondary N) is 1. The molecule has 196 valence electrons. The van der Waals surface area contributed by atoms with E-state index in [1.54, 1.807) is 0 Å². The van der Waals surface area contributed by atoms with Gasteiger partial charge in [-0.2, -0.15) is 0 Å². The average molecular weight is 504 g/mol. The SMILES string of the molecule is CC12CCC3C(C(O)CC4CC(O)C(F)(F)CC43C)C1CCC2CCCC(=O)NCCCSO. The molecular weight excluding hydrogens is 460 g/mol. The number of carbonyl (C=O) groups excluding carboxylic acids is 1. The van der Waals surface area contributed by atoms with Gasteiger partial charge in [-0.05, 0) is 110 Å². The number of hydrogen-bond donors (Lipinski definition) is 4. The van der Waals surface area contributed by atoms with E-state index in [9.17, 15) is 23.8 Å². The van der Waals surface area contributed by atoms with Crippen molar-refractivity contribution >= 4 is 17.9 Å². The average Bonchev–Trinajstić information content (AvgIpc) is 3.10. The smallest absolute Gasteiger partial charge is 0.274 e. The van der Waals surface area contributed by atoms with E-state index in [-0.39, 0.29) is 41.9 Å². The maximum Gasteiger partial charge on any atom is 0.274 e. The fourth-order valence-corrected chi connectivity index (χ4v) is 9.05. The van der Waals surface area contributed by atoms with Crippen LogP contribution in [0.25, 0.3) is 0 Å². The zero-order valence-corrected chi connectivity index (χ0v) is 21.5. The molecule has 9 unspecified atom stereocenters. The lowest BCUT2D eigenvalue weighted by Crippen LogP contribution is -2.61. The Bertz CT molecular complexity index is 742. The van der Waals surface area contributed by atoms with E-state index in [1.165, 1.54) is 0 Å². The Kier molecular flexibility index (Phi) is 7.94. The molecule has 4 saturated carbocycles. The molecule has 4 rings (SSSR count). The molecule has 5 nitrogen and oxygen atoms in total. The Labute approximate surface area is 207 Å². The van der Waals surface area contributed by atoms with Crippen LogP contribution in [0.3, 0.4) is 0 Å². The molecule has 0 aromatic carbocycles. The summed E-state index contributed by atoms with van der Waals surface area (Å²) in [6.45, 7) is 4.94. The first-order valence-corrected chi connectivity index (χ1v) is 14.2. The minimum Gasteiger partial charge on any atom is -0.393 e. The normalized spacial score (nSPS) is 45.2. The van der Waals surface area contributed by atoms with E-state index >= 15 is 0 Å². The number of aliphatic hydroxyl groups excluding tert-OH is 2. The van der Waals surface area contributed by atoms with Gasteiger partial charge in [-0.25, -0.2) is 8.78 Å². The standard InChI is InChI=1S/C26H43F2NO4S/c1-24-10-9-19-23(20(30)13-17-14-21(31)26(27,28)15-25(17,19)2)18(24)8-7-16(24)5-3-6-22(32)29-11-4-12-34-33/h16-21,23,30-31,33H,3-15H2,1-2H3,(H,29,32). The number of alkyl halides is 2. The fraction of sp³-hybridized carbons (Fsp3) is 0.962. The summed E-state index contributed by atoms with van der Waals surface area (Å²) in [5.74, 6) is -1.42. The van der Waals surface area contributed by atoms with Gasteiger partial charge in [0.05, 0.1) is 6.10 Å². The van der Waals surface area contributed by atoms with Crippen LogP contribution in [0.15, 0.2) is 0 Å². The number of hydrogen-bond acceptors (Lipinski definition) is 5. The van der Waals surface area contributed by atoms with Gasteiger partial charge >= 0.3 is 0 Å². The Morgan fingerprint density at radius 2 is 1.79 bits per heavy atom. The van der Waals surface area contributed by atoms with E-state index in [1.807, 2.05) is 6.92 Å². The first kappa shape index (κ1) is 26.6. The van der Waals surface area contributed by atoms with Crippen LogP contribution in [0.5, 0.6) is 0 Å². The van der Waals surface area contributed by atoms with Crippen LogP contribution in [0.1, 0.15) is 84.5 Å². The van der Waals surface area contributed by atoms with Crippen LogP contribution in [-0.4, -0.2) is 51.1 Å². The first-order chi connectivity index (χ1) is 16.0. The monoisotopic (exact) mass is 503 g/mol. The van der Waals surface area contributed by atoms with Gasteiger partial charge in [0.15, 0.2) is 0 Å². The molecular formula is C26H43F2NO4S. The minimum atomic E-state index is -3.05. The number of rotatable bonds is 8. The molecule has 9 atom stereocenters. The highest BCUT2D eigenvalue weighted by Crippen LogP contribution is 2.68. The summed E-state index contributed by atoms with van der Waals surface area (Å²) in [6, 6.07) is 0. The molecule has 0 heterocycles. The van der Waals surface area contributed by atoms with Gasteiger partial charge in [0.25, 0.3) is 5.92 Å². The summed E-state index contributed by atoms with van der Waals surface area (Å²) in [5.41, 5.74) is -0.435. The second kappa shape index (κ2) is 10.1. The van der Waals surface area contributed by atoms with Gasteiger partial charge in [-0.1, -0.05) is 13.8 Å². The van der Waals surface area contributed by atoms with Crippen molar-refractivity contribution < 1.29 is 28.3 Å². The number of carbonyl (C=O) groups is 1. The predicted octanol–water partition coefficient (Wildman–Crippen LogP) is 5.11. The van der Waals surface area contributed by atoms with Crippen LogP contribution in [-0.2, 0) is 4.79 Å². The zero-order chi connectivity index (χ0) is 24.7. The minimum absolute atomic E-state index is 0.0468. The van der Waals surface area contributed by atoms with Gasteiger partial charge in [-0.3, -0.25) is 4.79 Å². The first-order valence-electron chi connectivity index (χ1n) is 13.3. The van der Waals surface area contributed by atoms with E-state index in [2.05, 4.69) is 12.2 Å². The molecule has 4 N–H and O–H groups in total. The van der Waals surface area contributed by atoms with Crippen LogP contribution in [0.2, 0.25) is 0 Å². The second-order valence-corrected chi connectivity index (χ2v) is 12.9. The quantitative estimate of drug-likeness (QED) is 0.273. The maximum atomic E-state index is 14.6. The van der Waals surface area contributed by atoms with Crippen molar-refractivity contribution in [3.63, 3.8) is 0 Å². The molecule has 8 heteroatoms. The molecule has 4 aliphatic carbocycles. The fourth-order valence-electron chi connectivity index (χ4n) is 8.77. The summed E-state index contributed by atoms with van der Waals surface area (Å²) in [6.07, 6.45) is 5.36. The van der Waals surface area contributed by atoms with E-state index in [4.69, 9.17) is 4.55 Å². The molecule has 0 aromatic heterocycles. The summed E-state index contributed by atoms with van der Waals surface area (Å²) in [7, 11) is 0. The highest BCUT2D eigenvalue weighted by molar-refractivity contribution is 7.93. The largest absolute Gasteiger partial charge is 0.393 e. The van der Waals surface area contributed by atoms with Gasteiger partial charge in [0.1, 0.15) is 6.10 Å². The number of fused-ring (bicyclic) bond motifs is 5. The van der Waals surface area contributed by atoms with E-state index < -0.39 is 23.5 Å². The number of aliphatic hydroxyl groups is 2. The molecule has 0 saturated heterocycles. The summed E-state index contributed by atoms with van der Waals surface area (Å²) in [5, 5.41) is 24.2. The second-order valence-electron chi connectivity index (χ2n) is 12.2. The highest BCUT2D eigenvalue weighted by atomic mass is 32.2. The van der Waals surface area contributed by atoms with Crippen molar-refractivity contribution in [1.82, 2.24) is 5.32 Å². The van der Waals surface area contributed by atoms with E-state index in [0.29, 0.717) is 37.0 Å². The Hall–Kier alpha value is -0.440. The number of halogens is 2. The molecule has 0 aromatic rings. The van der Waals surface area contributed by atoms with Gasteiger partial charge in [0.2, 0.25) is 5.91 Å². The third-order valence-electron chi connectivity index (χ3n) is 10.6. The van der Waals surface area contributed by atoms with Crippen molar-refractivity contribution in [3.8, 4) is 0 Å². The molecule has 4 aliphatic rings. The number of amides is 1. The third kappa shape index (κ3) is 4.78. The van der Waals surface area contributed by atoms with Crippen LogP contribution >= 0.6 is 12.0 Å². The van der Waals surface area contributed by atoms with Crippen LogP contribution in [0, 0.1) is 40.4 Å². The van der Waals surface area contributed by atoms with Gasteiger partial charge in [-0.15, -0.1) is 0 Å². The van der Waals surface area contributed by atoms with E-state index in [0.717, 1.165) is 57.0 Å². The Morgan fingerprint density at radius 3 is 2.53 bits per heavy atom. The van der Waals surface area contributed by atoms with Crippen LogP contribution < -0.4 is 5.32 Å². The molecule has 0 aliphatic heterocycles. The molecule has 34 heavy (non-hydrogen) atoms. The maximum absolute atomic E-state index is 14.6. The Balaban J connectivity index is 1.38. The highest BCUT2D eigenvalue weighted by Gasteiger charge is 2.65. The lowest BCUT2D eigenvalue weighted by molar-refractivity contribution is -0.235. The molecule has 0 radical (unpaired) electrons. The van der Waals surface area contributed by atoms with Crippen molar-refractivity contribution in [1.29, 1.82) is 0 Å². The van der Waals surface area contributed by atoms with Gasteiger partial charge < -0.3 is 20.1 Å². The van der Waals surface area contributed by atoms with Crippen molar-refractivity contribution in [2.24, 2.45) is 40.4 Å². The zero-order valence-electron chi connectivity index (χ0n) is 20.6. The summed E-state index contributed by atoms with van der Waals surface area (Å²) in [4.78, 5) is 12.1. The lowest BCUT2D eigenvalue weighted by Gasteiger charge is -2.63.